The molecule has 0 saturated heterocycles. The van der Waals surface area contributed by atoms with Gasteiger partial charge in [0.05, 0.1) is 5.75 Å². The summed E-state index contributed by atoms with van der Waals surface area (Å²) in [4.78, 5) is 7.98. The van der Waals surface area contributed by atoms with Crippen LogP contribution in [0.3, 0.4) is 0 Å². The monoisotopic (exact) mass is 199 g/mol. The lowest BCUT2D eigenvalue weighted by Crippen LogP contribution is -2.23. The van der Waals surface area contributed by atoms with Gasteiger partial charge in [-0.1, -0.05) is 0 Å². The molecule has 0 saturated carbocycles. The van der Waals surface area contributed by atoms with Gasteiger partial charge in [-0.2, -0.15) is 0 Å². The van der Waals surface area contributed by atoms with Crippen molar-refractivity contribution in [2.24, 2.45) is 5.73 Å². The van der Waals surface area contributed by atoms with E-state index in [9.17, 15) is 4.21 Å². The molecule has 0 amide bonds. The first kappa shape index (κ1) is 10.3. The maximum absolute atomic E-state index is 11.5. The Kier molecular flexibility index (Phi) is 3.98. The van der Waals surface area contributed by atoms with Gasteiger partial charge < -0.3 is 5.73 Å². The highest BCUT2D eigenvalue weighted by Gasteiger charge is 2.10. The third kappa shape index (κ3) is 3.20. The van der Waals surface area contributed by atoms with Crippen molar-refractivity contribution in [3.63, 3.8) is 0 Å². The Bertz CT molecular complexity index is 278. The summed E-state index contributed by atoms with van der Waals surface area (Å²) < 4.78 is 11.5. The molecule has 0 radical (unpaired) electrons. The molecule has 1 heterocycles. The van der Waals surface area contributed by atoms with Gasteiger partial charge in [-0.3, -0.25) is 4.21 Å². The van der Waals surface area contributed by atoms with Crippen LogP contribution in [0.2, 0.25) is 0 Å². The predicted molar refractivity (Wildman–Crippen MR) is 52.4 cm³/mol. The van der Waals surface area contributed by atoms with Gasteiger partial charge in [-0.05, 0) is 13.0 Å². The quantitative estimate of drug-likeness (QED) is 0.745. The fraction of sp³-hybridized carbons (Fsp3) is 0.500. The summed E-state index contributed by atoms with van der Waals surface area (Å²) in [6.07, 6.45) is 3.29. The summed E-state index contributed by atoms with van der Waals surface area (Å²) in [5, 5.41) is 0.00352. The highest BCUT2D eigenvalue weighted by atomic mass is 32.2. The maximum atomic E-state index is 11.5. The van der Waals surface area contributed by atoms with E-state index in [1.165, 1.54) is 0 Å². The van der Waals surface area contributed by atoms with Crippen LogP contribution in [0, 0.1) is 0 Å². The molecule has 1 rings (SSSR count). The van der Waals surface area contributed by atoms with Crippen LogP contribution < -0.4 is 5.73 Å². The standard InChI is InChI=1S/C8H13N3OS/c1-7(5-9)13(12)6-8-10-3-2-4-11-8/h2-4,7H,5-6,9H2,1H3. The van der Waals surface area contributed by atoms with E-state index in [0.717, 1.165) is 0 Å². The normalized spacial score (nSPS) is 15.2. The van der Waals surface area contributed by atoms with E-state index >= 15 is 0 Å². The zero-order valence-electron chi connectivity index (χ0n) is 7.51. The highest BCUT2D eigenvalue weighted by Crippen LogP contribution is 2.00. The Morgan fingerprint density at radius 3 is 2.69 bits per heavy atom. The van der Waals surface area contributed by atoms with Crippen molar-refractivity contribution in [2.75, 3.05) is 6.54 Å². The highest BCUT2D eigenvalue weighted by molar-refractivity contribution is 7.84. The molecule has 0 aliphatic heterocycles. The molecule has 0 spiro atoms. The Labute approximate surface area is 80.0 Å². The van der Waals surface area contributed by atoms with Gasteiger partial charge in [0.15, 0.2) is 0 Å². The number of nitrogens with two attached hydrogens (primary N) is 1. The topological polar surface area (TPSA) is 68.9 Å². The predicted octanol–water partition coefficient (Wildman–Crippen LogP) is 0.0725. The minimum Gasteiger partial charge on any atom is -0.329 e. The average Bonchev–Trinajstić information content (AvgIpc) is 2.18. The van der Waals surface area contributed by atoms with Crippen molar-refractivity contribution < 1.29 is 4.21 Å². The second-order valence-electron chi connectivity index (χ2n) is 2.74. The van der Waals surface area contributed by atoms with Crippen LogP contribution in [0.5, 0.6) is 0 Å². The van der Waals surface area contributed by atoms with E-state index in [1.807, 2.05) is 6.92 Å². The molecule has 13 heavy (non-hydrogen) atoms. The molecule has 2 unspecified atom stereocenters. The van der Waals surface area contributed by atoms with E-state index in [-0.39, 0.29) is 5.25 Å². The van der Waals surface area contributed by atoms with Crippen LogP contribution in [-0.2, 0) is 16.6 Å². The lowest BCUT2D eigenvalue weighted by Gasteiger charge is -2.06. The molecular weight excluding hydrogens is 186 g/mol. The average molecular weight is 199 g/mol. The molecule has 5 heteroatoms. The first-order valence-corrected chi connectivity index (χ1v) is 5.45. The fourth-order valence-electron chi connectivity index (χ4n) is 0.781. The van der Waals surface area contributed by atoms with Crippen molar-refractivity contribution in [1.29, 1.82) is 0 Å². The van der Waals surface area contributed by atoms with Crippen LogP contribution in [0.1, 0.15) is 12.7 Å². The first-order chi connectivity index (χ1) is 6.24. The number of hydrogen-bond donors (Lipinski definition) is 1. The molecule has 4 nitrogen and oxygen atoms in total. The molecule has 0 aliphatic carbocycles. The summed E-state index contributed by atoms with van der Waals surface area (Å²) >= 11 is 0. The van der Waals surface area contributed by atoms with E-state index < -0.39 is 10.8 Å². The van der Waals surface area contributed by atoms with E-state index in [1.54, 1.807) is 18.5 Å². The molecule has 2 atom stereocenters. The van der Waals surface area contributed by atoms with Gasteiger partial charge in [0.2, 0.25) is 0 Å². The Balaban J connectivity index is 2.55. The number of rotatable bonds is 4. The molecule has 0 bridgehead atoms. The van der Waals surface area contributed by atoms with Crippen LogP contribution in [0.4, 0.5) is 0 Å². The zero-order chi connectivity index (χ0) is 9.68. The summed E-state index contributed by atoms with van der Waals surface area (Å²) in [5.41, 5.74) is 5.39. The van der Waals surface area contributed by atoms with Crippen molar-refractivity contribution in [3.8, 4) is 0 Å². The van der Waals surface area contributed by atoms with Crippen LogP contribution in [-0.4, -0.2) is 26.0 Å². The third-order valence-corrected chi connectivity index (χ3v) is 3.30. The van der Waals surface area contributed by atoms with E-state index in [2.05, 4.69) is 9.97 Å². The van der Waals surface area contributed by atoms with Gasteiger partial charge >= 0.3 is 0 Å². The number of aromatic nitrogens is 2. The Morgan fingerprint density at radius 2 is 2.15 bits per heavy atom. The molecule has 1 aromatic rings. The van der Waals surface area contributed by atoms with Gasteiger partial charge in [0.1, 0.15) is 5.82 Å². The molecule has 0 aliphatic rings. The van der Waals surface area contributed by atoms with Gasteiger partial charge in [0, 0.05) is 35.0 Å². The van der Waals surface area contributed by atoms with Crippen molar-refractivity contribution >= 4 is 10.8 Å². The molecular formula is C8H13N3OS. The zero-order valence-corrected chi connectivity index (χ0v) is 8.33. The fourth-order valence-corrected chi connectivity index (χ4v) is 1.68. The largest absolute Gasteiger partial charge is 0.329 e. The summed E-state index contributed by atoms with van der Waals surface area (Å²) in [5.74, 6) is 1.00. The lowest BCUT2D eigenvalue weighted by atomic mass is 10.5. The minimum atomic E-state index is -0.966. The molecule has 1 aromatic heterocycles. The minimum absolute atomic E-state index is 0.00352. The molecule has 72 valence electrons. The number of nitrogens with zero attached hydrogens (tertiary/aromatic N) is 2. The molecule has 0 aromatic carbocycles. The lowest BCUT2D eigenvalue weighted by molar-refractivity contribution is 0.671. The van der Waals surface area contributed by atoms with Crippen LogP contribution in [0.15, 0.2) is 18.5 Å². The Morgan fingerprint density at radius 1 is 1.54 bits per heavy atom. The summed E-state index contributed by atoms with van der Waals surface area (Å²) in [6, 6.07) is 1.73. The second kappa shape index (κ2) is 5.04. The summed E-state index contributed by atoms with van der Waals surface area (Å²) in [6.45, 7) is 2.29. The van der Waals surface area contributed by atoms with E-state index in [4.69, 9.17) is 5.73 Å². The van der Waals surface area contributed by atoms with Crippen molar-refractivity contribution in [3.05, 3.63) is 24.3 Å². The van der Waals surface area contributed by atoms with Crippen molar-refractivity contribution in [1.82, 2.24) is 9.97 Å². The van der Waals surface area contributed by atoms with E-state index in [0.29, 0.717) is 18.1 Å². The first-order valence-electron chi connectivity index (χ1n) is 4.07. The third-order valence-electron chi connectivity index (χ3n) is 1.67. The number of hydrogen-bond acceptors (Lipinski definition) is 4. The van der Waals surface area contributed by atoms with Gasteiger partial charge in [-0.25, -0.2) is 9.97 Å². The van der Waals surface area contributed by atoms with Crippen molar-refractivity contribution in [2.45, 2.75) is 17.9 Å². The second-order valence-corrected chi connectivity index (χ2v) is 4.59. The van der Waals surface area contributed by atoms with Gasteiger partial charge in [0.25, 0.3) is 0 Å². The Hall–Kier alpha value is -0.810. The van der Waals surface area contributed by atoms with Crippen LogP contribution >= 0.6 is 0 Å². The van der Waals surface area contributed by atoms with Gasteiger partial charge in [-0.15, -0.1) is 0 Å². The summed E-state index contributed by atoms with van der Waals surface area (Å²) in [7, 11) is -0.966. The SMILES string of the molecule is CC(CN)S(=O)Cc1ncccn1. The molecule has 2 N–H and O–H groups in total. The molecule has 0 fully saturated rings. The smallest absolute Gasteiger partial charge is 0.140 e. The van der Waals surface area contributed by atoms with Crippen LogP contribution in [0.25, 0.3) is 0 Å². The maximum Gasteiger partial charge on any atom is 0.140 e.